The first-order valence-corrected chi connectivity index (χ1v) is 15.0. The first-order chi connectivity index (χ1) is 20.2. The van der Waals surface area contributed by atoms with Crippen LogP contribution in [0, 0.1) is 5.92 Å². The van der Waals surface area contributed by atoms with E-state index in [9.17, 15) is 31.2 Å². The van der Waals surface area contributed by atoms with Gasteiger partial charge in [0, 0.05) is 19.2 Å². The number of hydrogen-bond donors (Lipinski definition) is 0. The Morgan fingerprint density at radius 2 is 1.81 bits per heavy atom. The van der Waals surface area contributed by atoms with E-state index in [0.29, 0.717) is 12.5 Å². The van der Waals surface area contributed by atoms with E-state index in [1.807, 2.05) is 0 Å². The van der Waals surface area contributed by atoms with Gasteiger partial charge in [-0.05, 0) is 62.9 Å². The summed E-state index contributed by atoms with van der Waals surface area (Å²) in [4.78, 5) is 32.4. The molecule has 1 aliphatic carbocycles. The minimum atomic E-state index is -4.90. The number of carbonyl (C=O) groups excluding carboxylic acids is 2. The molecule has 1 aromatic heterocycles. The molecular formula is C28H29F3N4O7S. The second kappa shape index (κ2) is 11.3. The molecule has 0 atom stereocenters. The fourth-order valence-corrected chi connectivity index (χ4v) is 5.99. The highest BCUT2D eigenvalue weighted by molar-refractivity contribution is 7.91. The van der Waals surface area contributed by atoms with Crippen LogP contribution in [-0.4, -0.2) is 71.8 Å². The van der Waals surface area contributed by atoms with Crippen molar-refractivity contribution in [2.75, 3.05) is 26.0 Å². The molecule has 1 aliphatic heterocycles. The van der Waals surface area contributed by atoms with E-state index >= 15 is 0 Å². The number of rotatable bonds is 11. The highest BCUT2D eigenvalue weighted by Gasteiger charge is 2.52. The quantitative estimate of drug-likeness (QED) is 0.273. The summed E-state index contributed by atoms with van der Waals surface area (Å²) in [6.45, 7) is 3.33. The third kappa shape index (κ3) is 6.22. The Bertz CT molecular complexity index is 1650. The molecule has 0 N–H and O–H groups in total. The molecule has 43 heavy (non-hydrogen) atoms. The topological polar surface area (TPSA) is 132 Å². The maximum Gasteiger partial charge on any atom is 0.420 e. The van der Waals surface area contributed by atoms with Crippen LogP contribution in [-0.2, 0) is 32.1 Å². The molecule has 0 bridgehead atoms. The molecule has 1 saturated heterocycles. The van der Waals surface area contributed by atoms with Gasteiger partial charge in [0.25, 0.3) is 5.91 Å². The van der Waals surface area contributed by atoms with Gasteiger partial charge in [-0.1, -0.05) is 17.3 Å². The third-order valence-electron chi connectivity index (χ3n) is 7.31. The van der Waals surface area contributed by atoms with Crippen LogP contribution in [0.5, 0.6) is 11.5 Å². The molecule has 2 aliphatic rings. The zero-order valence-corrected chi connectivity index (χ0v) is 24.4. The number of urea groups is 1. The van der Waals surface area contributed by atoms with Gasteiger partial charge in [0.05, 0.1) is 17.9 Å². The summed E-state index contributed by atoms with van der Waals surface area (Å²) in [5.74, 6) is -1.73. The van der Waals surface area contributed by atoms with Crippen LogP contribution in [0.4, 0.5) is 18.0 Å². The molecule has 11 nitrogen and oxygen atoms in total. The highest BCUT2D eigenvalue weighted by atomic mass is 32.2. The number of alkyl halides is 3. The van der Waals surface area contributed by atoms with Gasteiger partial charge in [0.2, 0.25) is 11.7 Å². The van der Waals surface area contributed by atoms with E-state index < -0.39 is 44.8 Å². The normalized spacial score (nSPS) is 17.2. The largest absolute Gasteiger partial charge is 0.455 e. The van der Waals surface area contributed by atoms with Gasteiger partial charge in [0.15, 0.2) is 9.84 Å². The van der Waals surface area contributed by atoms with Crippen LogP contribution < -0.4 is 4.74 Å². The van der Waals surface area contributed by atoms with E-state index in [1.165, 1.54) is 42.3 Å². The van der Waals surface area contributed by atoms with Gasteiger partial charge in [-0.15, -0.1) is 0 Å². The van der Waals surface area contributed by atoms with Crippen molar-refractivity contribution >= 4 is 21.8 Å². The van der Waals surface area contributed by atoms with Gasteiger partial charge < -0.3 is 18.9 Å². The summed E-state index contributed by atoms with van der Waals surface area (Å²) in [5.41, 5.74) is -2.34. The Balaban J connectivity index is 1.39. The van der Waals surface area contributed by atoms with Crippen molar-refractivity contribution in [2.45, 2.75) is 49.8 Å². The lowest BCUT2D eigenvalue weighted by atomic mass is 10.0. The number of benzene rings is 2. The van der Waals surface area contributed by atoms with Gasteiger partial charge in [-0.2, -0.15) is 18.2 Å². The minimum absolute atomic E-state index is 0.0783. The molecule has 5 rings (SSSR count). The molecule has 2 aromatic carbocycles. The van der Waals surface area contributed by atoms with Gasteiger partial charge in [-0.3, -0.25) is 9.69 Å². The maximum atomic E-state index is 14.1. The number of ether oxygens (including phenoxy) is 2. The van der Waals surface area contributed by atoms with E-state index in [1.54, 1.807) is 13.8 Å². The molecule has 2 fully saturated rings. The molecule has 1 saturated carbocycles. The Morgan fingerprint density at radius 1 is 1.09 bits per heavy atom. The lowest BCUT2D eigenvalue weighted by Gasteiger charge is -2.27. The van der Waals surface area contributed by atoms with Crippen molar-refractivity contribution in [3.05, 3.63) is 53.9 Å². The van der Waals surface area contributed by atoms with Crippen LogP contribution in [0.2, 0.25) is 0 Å². The molecule has 15 heteroatoms. The first kappa shape index (κ1) is 30.5. The van der Waals surface area contributed by atoms with Crippen molar-refractivity contribution in [3.8, 4) is 22.9 Å². The summed E-state index contributed by atoms with van der Waals surface area (Å²) in [7, 11) is -2.59. The van der Waals surface area contributed by atoms with Crippen LogP contribution >= 0.6 is 0 Å². The number of halogens is 3. The maximum absolute atomic E-state index is 14.1. The summed E-state index contributed by atoms with van der Waals surface area (Å²) in [5, 5.41) is 3.76. The number of methoxy groups -OCH3 is 1. The molecule has 0 radical (unpaired) electrons. The zero-order valence-electron chi connectivity index (χ0n) is 23.6. The van der Waals surface area contributed by atoms with Crippen LogP contribution in [0.1, 0.15) is 38.1 Å². The fourth-order valence-electron chi connectivity index (χ4n) is 4.69. The summed E-state index contributed by atoms with van der Waals surface area (Å²) >= 11 is 0. The number of sulfone groups is 1. The number of imide groups is 1. The van der Waals surface area contributed by atoms with Crippen molar-refractivity contribution in [1.29, 1.82) is 0 Å². The molecule has 0 spiro atoms. The van der Waals surface area contributed by atoms with Crippen molar-refractivity contribution in [1.82, 2.24) is 19.9 Å². The Morgan fingerprint density at radius 3 is 2.49 bits per heavy atom. The minimum Gasteiger partial charge on any atom is -0.455 e. The SMILES string of the molecule is COCCS(=O)(=O)c1ccccc1Oc1ccc(-c2noc(CN3C(=O)N(CC4CC4)C(C)(C)C3=O)n2)cc1C(F)(F)F. The summed E-state index contributed by atoms with van der Waals surface area (Å²) < 4.78 is 83.5. The third-order valence-corrected chi connectivity index (χ3v) is 9.02. The Hall–Kier alpha value is -3.98. The van der Waals surface area contributed by atoms with E-state index in [-0.39, 0.29) is 46.8 Å². The van der Waals surface area contributed by atoms with Crippen molar-refractivity contribution in [3.63, 3.8) is 0 Å². The molecular weight excluding hydrogens is 593 g/mol. The van der Waals surface area contributed by atoms with Crippen molar-refractivity contribution in [2.24, 2.45) is 5.92 Å². The molecule has 0 unspecified atom stereocenters. The molecule has 2 heterocycles. The molecule has 3 aromatic rings. The average molecular weight is 623 g/mol. The predicted molar refractivity (Wildman–Crippen MR) is 145 cm³/mol. The summed E-state index contributed by atoms with van der Waals surface area (Å²) in [6.07, 6.45) is -2.91. The summed E-state index contributed by atoms with van der Waals surface area (Å²) in [6, 6.07) is 7.91. The number of para-hydroxylation sites is 1. The predicted octanol–water partition coefficient (Wildman–Crippen LogP) is 4.92. The van der Waals surface area contributed by atoms with E-state index in [0.717, 1.165) is 29.9 Å². The standard InChI is InChI=1S/C28H29F3N4O7S/c1-27(2)25(36)34(26(37)35(27)15-17-8-9-17)16-23-32-24(33-42-23)18-10-11-20(19(14-18)28(29,30)31)41-21-6-4-5-7-22(21)43(38,39)13-12-40-3/h4-7,10-11,14,17H,8-9,12-13,15-16H2,1-3H3. The van der Waals surface area contributed by atoms with E-state index in [2.05, 4.69) is 10.1 Å². The monoisotopic (exact) mass is 622 g/mol. The Kier molecular flexibility index (Phi) is 7.98. The van der Waals surface area contributed by atoms with Crippen LogP contribution in [0.15, 0.2) is 51.9 Å². The number of nitrogens with zero attached hydrogens (tertiary/aromatic N) is 4. The smallest absolute Gasteiger partial charge is 0.420 e. The number of carbonyl (C=O) groups is 2. The second-order valence-corrected chi connectivity index (χ2v) is 12.9. The van der Waals surface area contributed by atoms with E-state index in [4.69, 9.17) is 14.0 Å². The number of amides is 3. The number of aromatic nitrogens is 2. The van der Waals surface area contributed by atoms with Gasteiger partial charge >= 0.3 is 12.2 Å². The highest BCUT2D eigenvalue weighted by Crippen LogP contribution is 2.42. The average Bonchev–Trinajstić information content (AvgIpc) is 3.63. The fraction of sp³-hybridized carbons (Fsp3) is 0.429. The lowest BCUT2D eigenvalue weighted by Crippen LogP contribution is -2.45. The lowest BCUT2D eigenvalue weighted by molar-refractivity contribution is -0.138. The van der Waals surface area contributed by atoms with Gasteiger partial charge in [-0.25, -0.2) is 13.2 Å². The first-order valence-electron chi connectivity index (χ1n) is 13.4. The zero-order chi connectivity index (χ0) is 31.2. The second-order valence-electron chi connectivity index (χ2n) is 10.9. The van der Waals surface area contributed by atoms with Crippen LogP contribution in [0.25, 0.3) is 11.4 Å². The van der Waals surface area contributed by atoms with Crippen molar-refractivity contribution < 1.29 is 45.2 Å². The number of hydrogen-bond acceptors (Lipinski definition) is 9. The molecule has 3 amide bonds. The van der Waals surface area contributed by atoms with Crippen LogP contribution in [0.3, 0.4) is 0 Å². The van der Waals surface area contributed by atoms with Gasteiger partial charge in [0.1, 0.15) is 28.5 Å². The Labute approximate surface area is 245 Å². The molecule has 230 valence electrons.